The number of nitrogens with zero attached hydrogens (tertiary/aromatic N) is 2. The molecule has 0 aliphatic carbocycles. The van der Waals surface area contributed by atoms with Crippen molar-refractivity contribution >= 4 is 23.0 Å². The molecule has 2 rings (SSSR count). The summed E-state index contributed by atoms with van der Waals surface area (Å²) in [4.78, 5) is 4.32. The number of para-hydroxylation sites is 1. The van der Waals surface area contributed by atoms with E-state index in [0.29, 0.717) is 10.8 Å². The van der Waals surface area contributed by atoms with Crippen LogP contribution in [0.25, 0.3) is 0 Å². The monoisotopic (exact) mass is 253 g/mol. The fraction of sp³-hybridized carbons (Fsp3) is 0.417. The number of likely N-dealkylation sites (N-methyl/N-ethyl adjacent to an activating group) is 1. The van der Waals surface area contributed by atoms with Crippen LogP contribution in [-0.2, 0) is 0 Å². The van der Waals surface area contributed by atoms with Gasteiger partial charge in [-0.3, -0.25) is 0 Å². The molecule has 0 aromatic heterocycles. The Labute approximate surface area is 106 Å². The number of halogens is 1. The Balaban J connectivity index is 1.95. The number of piperazine rings is 1. The lowest BCUT2D eigenvalue weighted by Gasteiger charge is -2.34. The van der Waals surface area contributed by atoms with E-state index in [4.69, 9.17) is 12.2 Å². The molecule has 0 bridgehead atoms. The maximum atomic E-state index is 13.4. The zero-order chi connectivity index (χ0) is 12.3. The van der Waals surface area contributed by atoms with Gasteiger partial charge in [0.15, 0.2) is 5.11 Å². The van der Waals surface area contributed by atoms with Crippen LogP contribution in [-0.4, -0.2) is 48.1 Å². The topological polar surface area (TPSA) is 18.5 Å². The van der Waals surface area contributed by atoms with Gasteiger partial charge in [0.2, 0.25) is 0 Å². The lowest BCUT2D eigenvalue weighted by atomic mass is 10.3. The molecular formula is C12H16FN3S. The van der Waals surface area contributed by atoms with Gasteiger partial charge in [0.25, 0.3) is 0 Å². The van der Waals surface area contributed by atoms with E-state index in [1.54, 1.807) is 18.2 Å². The molecule has 0 spiro atoms. The van der Waals surface area contributed by atoms with Crippen molar-refractivity contribution in [1.82, 2.24) is 9.80 Å². The first-order valence-electron chi connectivity index (χ1n) is 5.66. The minimum Gasteiger partial charge on any atom is -0.346 e. The molecule has 5 heteroatoms. The van der Waals surface area contributed by atoms with Crippen molar-refractivity contribution in [2.75, 3.05) is 38.5 Å². The quantitative estimate of drug-likeness (QED) is 0.769. The van der Waals surface area contributed by atoms with Gasteiger partial charge in [-0.25, -0.2) is 4.39 Å². The molecule has 1 N–H and O–H groups in total. The van der Waals surface area contributed by atoms with Crippen molar-refractivity contribution in [3.05, 3.63) is 30.1 Å². The van der Waals surface area contributed by atoms with Crippen molar-refractivity contribution in [2.45, 2.75) is 0 Å². The van der Waals surface area contributed by atoms with Crippen LogP contribution in [0, 0.1) is 5.82 Å². The van der Waals surface area contributed by atoms with Gasteiger partial charge in [0, 0.05) is 26.2 Å². The lowest BCUT2D eigenvalue weighted by molar-refractivity contribution is 0.217. The van der Waals surface area contributed by atoms with Crippen LogP contribution in [0.5, 0.6) is 0 Å². The molecule has 0 atom stereocenters. The van der Waals surface area contributed by atoms with Gasteiger partial charge in [-0.05, 0) is 31.4 Å². The molecule has 0 saturated carbocycles. The molecular weight excluding hydrogens is 237 g/mol. The predicted octanol–water partition coefficient (Wildman–Crippen LogP) is 1.77. The van der Waals surface area contributed by atoms with Gasteiger partial charge >= 0.3 is 0 Å². The second-order valence-electron chi connectivity index (χ2n) is 4.20. The molecule has 1 saturated heterocycles. The fourth-order valence-electron chi connectivity index (χ4n) is 1.77. The SMILES string of the molecule is CN1CCN(C(=S)Nc2ccccc2F)CC1. The minimum absolute atomic E-state index is 0.274. The molecule has 0 radical (unpaired) electrons. The normalized spacial score (nSPS) is 16.9. The van der Waals surface area contributed by atoms with Crippen LogP contribution in [0.2, 0.25) is 0 Å². The highest BCUT2D eigenvalue weighted by Crippen LogP contribution is 2.13. The molecule has 1 heterocycles. The van der Waals surface area contributed by atoms with Crippen LogP contribution in [0.4, 0.5) is 10.1 Å². The summed E-state index contributed by atoms with van der Waals surface area (Å²) < 4.78 is 13.4. The van der Waals surface area contributed by atoms with E-state index >= 15 is 0 Å². The van der Waals surface area contributed by atoms with E-state index in [9.17, 15) is 4.39 Å². The Hall–Kier alpha value is -1.20. The summed E-state index contributed by atoms with van der Waals surface area (Å²) in [7, 11) is 2.09. The van der Waals surface area contributed by atoms with Gasteiger partial charge < -0.3 is 15.1 Å². The molecule has 3 nitrogen and oxygen atoms in total. The van der Waals surface area contributed by atoms with E-state index in [2.05, 4.69) is 22.2 Å². The second-order valence-corrected chi connectivity index (χ2v) is 4.59. The number of rotatable bonds is 1. The third kappa shape index (κ3) is 3.14. The summed E-state index contributed by atoms with van der Waals surface area (Å²) >= 11 is 5.28. The maximum Gasteiger partial charge on any atom is 0.173 e. The highest BCUT2D eigenvalue weighted by molar-refractivity contribution is 7.80. The van der Waals surface area contributed by atoms with E-state index in [1.807, 2.05) is 0 Å². The van der Waals surface area contributed by atoms with Gasteiger partial charge in [0.1, 0.15) is 5.82 Å². The van der Waals surface area contributed by atoms with Crippen LogP contribution in [0.15, 0.2) is 24.3 Å². The molecule has 1 aromatic rings. The Morgan fingerprint density at radius 1 is 1.24 bits per heavy atom. The molecule has 92 valence electrons. The van der Waals surface area contributed by atoms with Crippen LogP contribution >= 0.6 is 12.2 Å². The summed E-state index contributed by atoms with van der Waals surface area (Å²) in [6, 6.07) is 6.57. The van der Waals surface area contributed by atoms with Crippen molar-refractivity contribution in [3.8, 4) is 0 Å². The van der Waals surface area contributed by atoms with Crippen molar-refractivity contribution < 1.29 is 4.39 Å². The first-order valence-corrected chi connectivity index (χ1v) is 6.06. The highest BCUT2D eigenvalue weighted by Gasteiger charge is 2.16. The highest BCUT2D eigenvalue weighted by atomic mass is 32.1. The molecule has 1 aromatic carbocycles. The zero-order valence-electron chi connectivity index (χ0n) is 9.82. The smallest absolute Gasteiger partial charge is 0.173 e. The number of hydrogen-bond donors (Lipinski definition) is 1. The van der Waals surface area contributed by atoms with Crippen molar-refractivity contribution in [2.24, 2.45) is 0 Å². The van der Waals surface area contributed by atoms with Crippen LogP contribution in [0.1, 0.15) is 0 Å². The Bertz CT molecular complexity index is 402. The van der Waals surface area contributed by atoms with Crippen LogP contribution in [0.3, 0.4) is 0 Å². The summed E-state index contributed by atoms with van der Waals surface area (Å²) in [5.74, 6) is -0.274. The predicted molar refractivity (Wildman–Crippen MR) is 71.7 cm³/mol. The Morgan fingerprint density at radius 3 is 2.53 bits per heavy atom. The standard InChI is InChI=1S/C12H16FN3S/c1-15-6-8-16(9-7-15)12(17)14-11-5-3-2-4-10(11)13/h2-5H,6-9H2,1H3,(H,14,17). The van der Waals surface area contributed by atoms with Gasteiger partial charge in [0.05, 0.1) is 5.69 Å². The number of anilines is 1. The molecule has 0 amide bonds. The summed E-state index contributed by atoms with van der Waals surface area (Å²) in [5, 5.41) is 3.56. The van der Waals surface area contributed by atoms with Gasteiger partial charge in [-0.1, -0.05) is 12.1 Å². The van der Waals surface area contributed by atoms with Crippen molar-refractivity contribution in [3.63, 3.8) is 0 Å². The maximum absolute atomic E-state index is 13.4. The average molecular weight is 253 g/mol. The molecule has 1 aliphatic rings. The van der Waals surface area contributed by atoms with Crippen LogP contribution < -0.4 is 5.32 Å². The largest absolute Gasteiger partial charge is 0.346 e. The third-order valence-corrected chi connectivity index (χ3v) is 3.27. The fourth-order valence-corrected chi connectivity index (χ4v) is 2.06. The molecule has 17 heavy (non-hydrogen) atoms. The Morgan fingerprint density at radius 2 is 1.88 bits per heavy atom. The first kappa shape index (κ1) is 12.3. The van der Waals surface area contributed by atoms with E-state index in [-0.39, 0.29) is 5.82 Å². The van der Waals surface area contributed by atoms with E-state index < -0.39 is 0 Å². The molecule has 1 fully saturated rings. The van der Waals surface area contributed by atoms with Gasteiger partial charge in [-0.2, -0.15) is 0 Å². The summed E-state index contributed by atoms with van der Waals surface area (Å²) in [5.41, 5.74) is 0.441. The van der Waals surface area contributed by atoms with E-state index in [0.717, 1.165) is 26.2 Å². The molecule has 0 unspecified atom stereocenters. The molecule has 1 aliphatic heterocycles. The number of benzene rings is 1. The minimum atomic E-state index is -0.274. The van der Waals surface area contributed by atoms with Gasteiger partial charge in [-0.15, -0.1) is 0 Å². The Kier molecular flexibility index (Phi) is 3.91. The van der Waals surface area contributed by atoms with Crippen molar-refractivity contribution in [1.29, 1.82) is 0 Å². The lowest BCUT2D eigenvalue weighted by Crippen LogP contribution is -2.48. The number of hydrogen-bond acceptors (Lipinski definition) is 2. The first-order chi connectivity index (χ1) is 8.16. The summed E-state index contributed by atoms with van der Waals surface area (Å²) in [6.07, 6.45) is 0. The second kappa shape index (κ2) is 5.42. The van der Waals surface area contributed by atoms with E-state index in [1.165, 1.54) is 6.07 Å². The number of nitrogens with one attached hydrogen (secondary N) is 1. The average Bonchev–Trinajstić information content (AvgIpc) is 2.33. The number of thiocarbonyl (C=S) groups is 1. The summed E-state index contributed by atoms with van der Waals surface area (Å²) in [6.45, 7) is 3.74. The zero-order valence-corrected chi connectivity index (χ0v) is 10.6. The third-order valence-electron chi connectivity index (χ3n) is 2.91.